The summed E-state index contributed by atoms with van der Waals surface area (Å²) in [4.78, 5) is 13.9. The summed E-state index contributed by atoms with van der Waals surface area (Å²) in [6.07, 6.45) is 2.18. The molecule has 6 nitrogen and oxygen atoms in total. The standard InChI is InChI=1S/C9H13ClN4O2/c1-16-9-12-7(10)11-8(13-9)14(4-5-15)6-2-3-6/h6,15H,2-5H2,1H3. The van der Waals surface area contributed by atoms with E-state index in [1.807, 2.05) is 4.90 Å². The number of anilines is 1. The third-order valence-electron chi connectivity index (χ3n) is 2.34. The number of rotatable bonds is 5. The van der Waals surface area contributed by atoms with E-state index in [9.17, 15) is 0 Å². The summed E-state index contributed by atoms with van der Waals surface area (Å²) in [6, 6.07) is 0.592. The van der Waals surface area contributed by atoms with Gasteiger partial charge >= 0.3 is 6.01 Å². The Morgan fingerprint density at radius 3 is 2.75 bits per heavy atom. The second-order valence-corrected chi connectivity index (χ2v) is 3.88. The van der Waals surface area contributed by atoms with E-state index in [2.05, 4.69) is 15.0 Å². The number of aromatic nitrogens is 3. The first-order chi connectivity index (χ1) is 7.74. The highest BCUT2D eigenvalue weighted by Crippen LogP contribution is 2.30. The average Bonchev–Trinajstić information content (AvgIpc) is 3.08. The highest BCUT2D eigenvalue weighted by Gasteiger charge is 2.31. The van der Waals surface area contributed by atoms with Gasteiger partial charge in [-0.05, 0) is 24.4 Å². The van der Waals surface area contributed by atoms with Gasteiger partial charge in [0.25, 0.3) is 0 Å². The van der Waals surface area contributed by atoms with Crippen LogP contribution in [0.3, 0.4) is 0 Å². The summed E-state index contributed by atoms with van der Waals surface area (Å²) in [5, 5.41) is 9.10. The van der Waals surface area contributed by atoms with Gasteiger partial charge in [-0.15, -0.1) is 0 Å². The van der Waals surface area contributed by atoms with Gasteiger partial charge in [-0.3, -0.25) is 0 Å². The Morgan fingerprint density at radius 1 is 1.44 bits per heavy atom. The van der Waals surface area contributed by atoms with Crippen molar-refractivity contribution in [3.05, 3.63) is 5.28 Å². The van der Waals surface area contributed by atoms with Crippen LogP contribution in [-0.4, -0.2) is 46.4 Å². The Morgan fingerprint density at radius 2 is 2.19 bits per heavy atom. The van der Waals surface area contributed by atoms with E-state index >= 15 is 0 Å². The molecule has 1 saturated carbocycles. The predicted octanol–water partition coefficient (Wildman–Crippen LogP) is 0.495. The first kappa shape index (κ1) is 11.3. The van der Waals surface area contributed by atoms with Crippen molar-refractivity contribution < 1.29 is 9.84 Å². The van der Waals surface area contributed by atoms with E-state index in [1.54, 1.807) is 0 Å². The molecule has 0 spiro atoms. The summed E-state index contributed by atoms with van der Waals surface area (Å²) in [7, 11) is 1.48. The maximum absolute atomic E-state index is 8.99. The van der Waals surface area contributed by atoms with Crippen LogP contribution in [0.4, 0.5) is 5.95 Å². The van der Waals surface area contributed by atoms with Gasteiger partial charge in [0.2, 0.25) is 11.2 Å². The molecule has 0 amide bonds. The third kappa shape index (κ3) is 2.51. The number of hydrogen-bond donors (Lipinski definition) is 1. The fraction of sp³-hybridized carbons (Fsp3) is 0.667. The fourth-order valence-corrected chi connectivity index (χ4v) is 1.63. The molecular formula is C9H13ClN4O2. The molecule has 1 aliphatic rings. The normalized spacial score (nSPS) is 14.9. The number of ether oxygens (including phenoxy) is 1. The molecule has 0 aromatic carbocycles. The lowest BCUT2D eigenvalue weighted by Crippen LogP contribution is -2.30. The van der Waals surface area contributed by atoms with Gasteiger partial charge in [0.1, 0.15) is 0 Å². The minimum Gasteiger partial charge on any atom is -0.467 e. The van der Waals surface area contributed by atoms with Crippen LogP contribution in [0.15, 0.2) is 0 Å². The third-order valence-corrected chi connectivity index (χ3v) is 2.51. The van der Waals surface area contributed by atoms with Crippen LogP contribution in [0.1, 0.15) is 12.8 Å². The van der Waals surface area contributed by atoms with Gasteiger partial charge < -0.3 is 14.7 Å². The zero-order chi connectivity index (χ0) is 11.5. The topological polar surface area (TPSA) is 71.4 Å². The van der Waals surface area contributed by atoms with Crippen molar-refractivity contribution in [3.8, 4) is 6.01 Å². The van der Waals surface area contributed by atoms with Crippen LogP contribution in [0, 0.1) is 0 Å². The van der Waals surface area contributed by atoms with Gasteiger partial charge in [-0.2, -0.15) is 15.0 Å². The second kappa shape index (κ2) is 4.80. The minimum atomic E-state index is 0.0577. The minimum absolute atomic E-state index is 0.0577. The van der Waals surface area contributed by atoms with E-state index in [0.717, 1.165) is 12.8 Å². The lowest BCUT2D eigenvalue weighted by Gasteiger charge is -2.20. The lowest BCUT2D eigenvalue weighted by molar-refractivity contribution is 0.300. The molecule has 1 fully saturated rings. The number of aliphatic hydroxyl groups excluding tert-OH is 1. The molecule has 1 aromatic rings. The number of hydrogen-bond acceptors (Lipinski definition) is 6. The zero-order valence-electron chi connectivity index (χ0n) is 8.93. The highest BCUT2D eigenvalue weighted by molar-refractivity contribution is 6.28. The molecular weight excluding hydrogens is 232 g/mol. The summed E-state index contributed by atoms with van der Waals surface area (Å²) < 4.78 is 4.93. The van der Waals surface area contributed by atoms with Gasteiger partial charge in [0, 0.05) is 12.6 Å². The molecule has 0 aliphatic heterocycles. The number of aliphatic hydroxyl groups is 1. The molecule has 0 saturated heterocycles. The van der Waals surface area contributed by atoms with Crippen molar-refractivity contribution in [2.24, 2.45) is 0 Å². The maximum Gasteiger partial charge on any atom is 0.322 e. The molecule has 0 bridgehead atoms. The van der Waals surface area contributed by atoms with Crippen LogP contribution in [0.2, 0.25) is 5.28 Å². The number of methoxy groups -OCH3 is 1. The predicted molar refractivity (Wildman–Crippen MR) is 58.8 cm³/mol. The van der Waals surface area contributed by atoms with Gasteiger partial charge in [0.15, 0.2) is 0 Å². The molecule has 1 aromatic heterocycles. The van der Waals surface area contributed by atoms with Crippen LogP contribution in [-0.2, 0) is 0 Å². The highest BCUT2D eigenvalue weighted by atomic mass is 35.5. The quantitative estimate of drug-likeness (QED) is 0.813. The number of nitrogens with zero attached hydrogens (tertiary/aromatic N) is 4. The smallest absolute Gasteiger partial charge is 0.322 e. The first-order valence-corrected chi connectivity index (χ1v) is 5.45. The van der Waals surface area contributed by atoms with Crippen LogP contribution >= 0.6 is 11.6 Å². The fourth-order valence-electron chi connectivity index (χ4n) is 1.48. The largest absolute Gasteiger partial charge is 0.467 e. The van der Waals surface area contributed by atoms with Crippen molar-refractivity contribution in [2.45, 2.75) is 18.9 Å². The van der Waals surface area contributed by atoms with Crippen LogP contribution in [0.5, 0.6) is 6.01 Å². The summed E-state index contributed by atoms with van der Waals surface area (Å²) >= 11 is 5.77. The molecule has 1 heterocycles. The molecule has 2 rings (SSSR count). The Hall–Kier alpha value is -1.14. The maximum atomic E-state index is 8.99. The van der Waals surface area contributed by atoms with Gasteiger partial charge in [-0.25, -0.2) is 0 Å². The zero-order valence-corrected chi connectivity index (χ0v) is 9.68. The van der Waals surface area contributed by atoms with Crippen molar-refractivity contribution in [3.63, 3.8) is 0 Å². The monoisotopic (exact) mass is 244 g/mol. The molecule has 0 atom stereocenters. The average molecular weight is 245 g/mol. The van der Waals surface area contributed by atoms with E-state index in [-0.39, 0.29) is 17.9 Å². The van der Waals surface area contributed by atoms with Gasteiger partial charge in [-0.1, -0.05) is 0 Å². The Kier molecular flexibility index (Phi) is 3.40. The van der Waals surface area contributed by atoms with E-state index in [0.29, 0.717) is 18.5 Å². The van der Waals surface area contributed by atoms with Crippen LogP contribution < -0.4 is 9.64 Å². The van der Waals surface area contributed by atoms with Crippen molar-refractivity contribution in [1.82, 2.24) is 15.0 Å². The molecule has 0 unspecified atom stereocenters. The van der Waals surface area contributed by atoms with Crippen LogP contribution in [0.25, 0.3) is 0 Å². The molecule has 0 radical (unpaired) electrons. The molecule has 88 valence electrons. The summed E-state index contributed by atoms with van der Waals surface area (Å²) in [5.41, 5.74) is 0. The van der Waals surface area contributed by atoms with Crippen molar-refractivity contribution in [1.29, 1.82) is 0 Å². The van der Waals surface area contributed by atoms with E-state index in [1.165, 1.54) is 7.11 Å². The second-order valence-electron chi connectivity index (χ2n) is 3.54. The lowest BCUT2D eigenvalue weighted by atomic mass is 10.5. The summed E-state index contributed by atoms with van der Waals surface area (Å²) in [5.74, 6) is 0.466. The molecule has 1 N–H and O–H groups in total. The molecule has 1 aliphatic carbocycles. The van der Waals surface area contributed by atoms with E-state index in [4.69, 9.17) is 21.4 Å². The van der Waals surface area contributed by atoms with Gasteiger partial charge in [0.05, 0.1) is 13.7 Å². The molecule has 16 heavy (non-hydrogen) atoms. The number of halogens is 1. The first-order valence-electron chi connectivity index (χ1n) is 5.07. The van der Waals surface area contributed by atoms with Crippen molar-refractivity contribution >= 4 is 17.5 Å². The Bertz CT molecular complexity index is 373. The SMILES string of the molecule is COc1nc(Cl)nc(N(CCO)C2CC2)n1. The Labute approximate surface area is 98.2 Å². The molecule has 7 heteroatoms. The Balaban J connectivity index is 2.25. The van der Waals surface area contributed by atoms with Crippen molar-refractivity contribution in [2.75, 3.05) is 25.2 Å². The van der Waals surface area contributed by atoms with E-state index < -0.39 is 0 Å². The summed E-state index contributed by atoms with van der Waals surface area (Å²) in [6.45, 7) is 0.552.